The van der Waals surface area contributed by atoms with Crippen LogP contribution >= 0.6 is 0 Å². The van der Waals surface area contributed by atoms with Gasteiger partial charge in [-0.05, 0) is 20.8 Å². The van der Waals surface area contributed by atoms with Crippen LogP contribution in [0.15, 0.2) is 0 Å². The van der Waals surface area contributed by atoms with Gasteiger partial charge in [0, 0.05) is 19.4 Å². The van der Waals surface area contributed by atoms with Gasteiger partial charge in [-0.15, -0.1) is 0 Å². The Bertz CT molecular complexity index is 169. The quantitative estimate of drug-likeness (QED) is 0.627. The molecule has 0 aromatic heterocycles. The molecule has 1 rings (SSSR count). The number of hydrogen-bond acceptors (Lipinski definition) is 3. The fourth-order valence-electron chi connectivity index (χ4n) is 2.08. The lowest BCUT2D eigenvalue weighted by molar-refractivity contribution is -0.165. The number of aldehydes is 1. The van der Waals surface area contributed by atoms with Gasteiger partial charge in [0.25, 0.3) is 0 Å². The molecule has 2 atom stereocenters. The van der Waals surface area contributed by atoms with E-state index in [1.54, 1.807) is 0 Å². The topological polar surface area (TPSA) is 35.5 Å². The highest BCUT2D eigenvalue weighted by Gasteiger charge is 2.39. The van der Waals surface area contributed by atoms with Gasteiger partial charge in [0.2, 0.25) is 0 Å². The third-order valence-corrected chi connectivity index (χ3v) is 2.38. The highest BCUT2D eigenvalue weighted by Crippen LogP contribution is 2.30. The van der Waals surface area contributed by atoms with Crippen molar-refractivity contribution in [3.8, 4) is 0 Å². The summed E-state index contributed by atoms with van der Waals surface area (Å²) in [6.07, 6.45) is 2.51. The van der Waals surface area contributed by atoms with Gasteiger partial charge in [0.05, 0.1) is 12.2 Å². The molecular weight excluding hydrogens is 168 g/mol. The van der Waals surface area contributed by atoms with Crippen molar-refractivity contribution in [2.45, 2.75) is 51.4 Å². The lowest BCUT2D eigenvalue weighted by atomic mass is 9.89. The lowest BCUT2D eigenvalue weighted by Crippen LogP contribution is -2.46. The predicted octanol–water partition coefficient (Wildman–Crippen LogP) is 1.55. The Balaban J connectivity index is 2.67. The Kier molecular flexibility index (Phi) is 3.45. The van der Waals surface area contributed by atoms with Crippen molar-refractivity contribution < 1.29 is 14.3 Å². The first-order valence-corrected chi connectivity index (χ1v) is 4.87. The zero-order chi connectivity index (χ0) is 9.90. The van der Waals surface area contributed by atoms with Gasteiger partial charge in [-0.3, -0.25) is 0 Å². The minimum absolute atomic E-state index is 0.112. The summed E-state index contributed by atoms with van der Waals surface area (Å²) in [6.45, 7) is 6.45. The first-order chi connectivity index (χ1) is 6.12. The fraction of sp³-hybridized carbons (Fsp3) is 0.900. The molecule has 76 valence electrons. The van der Waals surface area contributed by atoms with Crippen molar-refractivity contribution in [1.29, 1.82) is 0 Å². The summed E-state index contributed by atoms with van der Waals surface area (Å²) in [5, 5.41) is 0. The van der Waals surface area contributed by atoms with E-state index < -0.39 is 5.60 Å². The molecule has 0 radical (unpaired) electrons. The summed E-state index contributed by atoms with van der Waals surface area (Å²) < 4.78 is 11.1. The molecule has 0 aliphatic carbocycles. The molecular formula is C10H18O3. The first-order valence-electron chi connectivity index (χ1n) is 4.87. The second-order valence-corrected chi connectivity index (χ2v) is 3.78. The Hall–Kier alpha value is -0.410. The maximum atomic E-state index is 11.0. The summed E-state index contributed by atoms with van der Waals surface area (Å²) in [7, 11) is 0. The van der Waals surface area contributed by atoms with Crippen LogP contribution in [-0.4, -0.2) is 30.7 Å². The Morgan fingerprint density at radius 1 is 1.46 bits per heavy atom. The molecule has 13 heavy (non-hydrogen) atoms. The maximum Gasteiger partial charge on any atom is 0.152 e. The molecule has 1 heterocycles. The van der Waals surface area contributed by atoms with E-state index in [4.69, 9.17) is 9.47 Å². The van der Waals surface area contributed by atoms with E-state index >= 15 is 0 Å². The number of rotatable bonds is 3. The number of carbonyl (C=O) groups excluding carboxylic acids is 1. The highest BCUT2D eigenvalue weighted by atomic mass is 16.5. The molecule has 0 bridgehead atoms. The van der Waals surface area contributed by atoms with Crippen LogP contribution in [0.1, 0.15) is 33.6 Å². The third kappa shape index (κ3) is 2.51. The molecule has 0 aromatic carbocycles. The first kappa shape index (κ1) is 10.7. The summed E-state index contributed by atoms with van der Waals surface area (Å²) in [5.74, 6) is 0. The fourth-order valence-corrected chi connectivity index (χ4v) is 2.08. The average Bonchev–Trinajstić information content (AvgIpc) is 2.03. The van der Waals surface area contributed by atoms with Crippen LogP contribution in [0.4, 0.5) is 0 Å². The monoisotopic (exact) mass is 186 g/mol. The van der Waals surface area contributed by atoms with Gasteiger partial charge in [-0.1, -0.05) is 0 Å². The van der Waals surface area contributed by atoms with Crippen molar-refractivity contribution in [2.24, 2.45) is 0 Å². The zero-order valence-corrected chi connectivity index (χ0v) is 8.58. The van der Waals surface area contributed by atoms with Crippen molar-refractivity contribution in [3.63, 3.8) is 0 Å². The molecule has 1 aliphatic heterocycles. The van der Waals surface area contributed by atoms with Gasteiger partial charge >= 0.3 is 0 Å². The summed E-state index contributed by atoms with van der Waals surface area (Å²) in [6, 6.07) is 0. The predicted molar refractivity (Wildman–Crippen MR) is 49.7 cm³/mol. The third-order valence-electron chi connectivity index (χ3n) is 2.38. The molecule has 0 spiro atoms. The summed E-state index contributed by atoms with van der Waals surface area (Å²) in [4.78, 5) is 11.0. The van der Waals surface area contributed by atoms with Gasteiger partial charge in [0.1, 0.15) is 5.60 Å². The Morgan fingerprint density at radius 3 is 2.38 bits per heavy atom. The second-order valence-electron chi connectivity index (χ2n) is 3.78. The van der Waals surface area contributed by atoms with Crippen LogP contribution in [0, 0.1) is 0 Å². The molecule has 0 aromatic rings. The smallest absolute Gasteiger partial charge is 0.152 e. The highest BCUT2D eigenvalue weighted by molar-refractivity contribution is 5.63. The van der Waals surface area contributed by atoms with Gasteiger partial charge in [-0.25, -0.2) is 0 Å². The minimum Gasteiger partial charge on any atom is -0.375 e. The second kappa shape index (κ2) is 4.20. The number of hydrogen-bond donors (Lipinski definition) is 0. The van der Waals surface area contributed by atoms with Crippen LogP contribution in [0.25, 0.3) is 0 Å². The van der Waals surface area contributed by atoms with Crippen LogP contribution in [0.5, 0.6) is 0 Å². The molecule has 0 saturated carbocycles. The van der Waals surface area contributed by atoms with E-state index in [0.29, 0.717) is 19.4 Å². The zero-order valence-electron chi connectivity index (χ0n) is 8.58. The SMILES string of the molecule is CCOC1(C=O)CC(C)OC(C)C1. The number of ether oxygens (including phenoxy) is 2. The van der Waals surface area contributed by atoms with E-state index in [9.17, 15) is 4.79 Å². The standard InChI is InChI=1S/C10H18O3/c1-4-12-10(7-11)5-8(2)13-9(3)6-10/h7-9H,4-6H2,1-3H3. The molecule has 1 fully saturated rings. The van der Waals surface area contributed by atoms with Crippen molar-refractivity contribution in [2.75, 3.05) is 6.61 Å². The van der Waals surface area contributed by atoms with E-state index in [0.717, 1.165) is 6.29 Å². The normalized spacial score (nSPS) is 40.2. The summed E-state index contributed by atoms with van der Waals surface area (Å²) in [5.41, 5.74) is -0.591. The van der Waals surface area contributed by atoms with E-state index in [1.807, 2.05) is 20.8 Å². The van der Waals surface area contributed by atoms with E-state index in [-0.39, 0.29) is 12.2 Å². The average molecular weight is 186 g/mol. The minimum atomic E-state index is -0.591. The van der Waals surface area contributed by atoms with Crippen LogP contribution in [0.2, 0.25) is 0 Å². The van der Waals surface area contributed by atoms with E-state index in [1.165, 1.54) is 0 Å². The number of carbonyl (C=O) groups is 1. The van der Waals surface area contributed by atoms with Crippen molar-refractivity contribution in [1.82, 2.24) is 0 Å². The van der Waals surface area contributed by atoms with E-state index in [2.05, 4.69) is 0 Å². The van der Waals surface area contributed by atoms with Crippen molar-refractivity contribution in [3.05, 3.63) is 0 Å². The molecule has 3 nitrogen and oxygen atoms in total. The molecule has 1 saturated heterocycles. The van der Waals surface area contributed by atoms with Crippen LogP contribution in [0.3, 0.4) is 0 Å². The van der Waals surface area contributed by atoms with Crippen LogP contribution < -0.4 is 0 Å². The summed E-state index contributed by atoms with van der Waals surface area (Å²) >= 11 is 0. The molecule has 2 unspecified atom stereocenters. The Morgan fingerprint density at radius 2 is 2.00 bits per heavy atom. The van der Waals surface area contributed by atoms with Gasteiger partial charge in [-0.2, -0.15) is 0 Å². The largest absolute Gasteiger partial charge is 0.375 e. The molecule has 3 heteroatoms. The molecule has 0 amide bonds. The molecule has 0 N–H and O–H groups in total. The van der Waals surface area contributed by atoms with Gasteiger partial charge in [0.15, 0.2) is 6.29 Å². The maximum absolute atomic E-state index is 11.0. The Labute approximate surface area is 79.4 Å². The lowest BCUT2D eigenvalue weighted by Gasteiger charge is -2.38. The van der Waals surface area contributed by atoms with Crippen LogP contribution in [-0.2, 0) is 14.3 Å². The van der Waals surface area contributed by atoms with Crippen molar-refractivity contribution >= 4 is 6.29 Å². The molecule has 1 aliphatic rings. The van der Waals surface area contributed by atoms with Gasteiger partial charge < -0.3 is 14.3 Å².